The maximum atomic E-state index is 13.0. The van der Waals surface area contributed by atoms with E-state index >= 15 is 0 Å². The molecule has 5 saturated carbocycles. The molecule has 5 aliphatic rings. The normalized spacial score (nSPS) is 48.5. The lowest BCUT2D eigenvalue weighted by molar-refractivity contribution is -0.237. The Morgan fingerprint density at radius 1 is 1.12 bits per heavy atom. The third-order valence-corrected chi connectivity index (χ3v) is 10.5. The second kappa shape index (κ2) is 5.12. The molecule has 4 bridgehead atoms. The average Bonchev–Trinajstić information content (AvgIpc) is 2.81. The van der Waals surface area contributed by atoms with E-state index in [1.807, 2.05) is 13.8 Å². The number of rotatable bonds is 4. The molecule has 0 aliphatic heterocycles. The molecule has 6 atom stereocenters. The van der Waals surface area contributed by atoms with Crippen LogP contribution in [-0.2, 0) is 19.1 Å². The van der Waals surface area contributed by atoms with Gasteiger partial charge in [0.2, 0.25) is 0 Å². The highest BCUT2D eigenvalue weighted by molar-refractivity contribution is 7.86. The van der Waals surface area contributed by atoms with Crippen LogP contribution < -0.4 is 0 Å². The standard InChI is InChI=1S/C20H32O5S/c1-17(2)13-8-14(17)19(5,22)16(10-13)25-26(23,24)11-20-7-6-12(9-15(20)21)18(20,3)4/h12-14,16,22H,6-11H2,1-5H3. The topological polar surface area (TPSA) is 80.7 Å². The van der Waals surface area contributed by atoms with E-state index in [0.717, 1.165) is 12.8 Å². The number of aliphatic hydroxyl groups is 1. The van der Waals surface area contributed by atoms with Crippen molar-refractivity contribution in [2.24, 2.45) is 34.0 Å². The van der Waals surface area contributed by atoms with Crippen molar-refractivity contribution in [3.05, 3.63) is 0 Å². The van der Waals surface area contributed by atoms with Gasteiger partial charge in [-0.1, -0.05) is 27.7 Å². The van der Waals surface area contributed by atoms with E-state index < -0.39 is 27.2 Å². The van der Waals surface area contributed by atoms with Crippen LogP contribution in [0.5, 0.6) is 0 Å². The van der Waals surface area contributed by atoms with E-state index in [4.69, 9.17) is 4.18 Å². The summed E-state index contributed by atoms with van der Waals surface area (Å²) in [6.07, 6.45) is 2.80. The molecule has 0 spiro atoms. The molecule has 0 heterocycles. The highest BCUT2D eigenvalue weighted by Crippen LogP contribution is 2.65. The van der Waals surface area contributed by atoms with Crippen LogP contribution >= 0.6 is 0 Å². The van der Waals surface area contributed by atoms with Gasteiger partial charge in [0.05, 0.1) is 16.8 Å². The van der Waals surface area contributed by atoms with E-state index in [9.17, 15) is 18.3 Å². The van der Waals surface area contributed by atoms with Crippen molar-refractivity contribution in [1.82, 2.24) is 0 Å². The minimum atomic E-state index is -3.90. The van der Waals surface area contributed by atoms with Crippen molar-refractivity contribution in [2.45, 2.75) is 78.4 Å². The third-order valence-electron chi connectivity index (χ3n) is 9.15. The van der Waals surface area contributed by atoms with Gasteiger partial charge >= 0.3 is 0 Å². The zero-order chi connectivity index (χ0) is 19.3. The number of ketones is 1. The predicted molar refractivity (Wildman–Crippen MR) is 97.8 cm³/mol. The van der Waals surface area contributed by atoms with Gasteiger partial charge in [-0.25, -0.2) is 0 Å². The fourth-order valence-corrected chi connectivity index (χ4v) is 8.86. The number of fused-ring (bicyclic) bond motifs is 4. The van der Waals surface area contributed by atoms with Crippen LogP contribution in [0.1, 0.15) is 66.7 Å². The molecule has 26 heavy (non-hydrogen) atoms. The SMILES string of the molecule is CC1(C)C2CC(OS(=O)(=O)CC34CCC(CC3=O)C4(C)C)C(C)(O)C1C2. The minimum absolute atomic E-state index is 0.0217. The summed E-state index contributed by atoms with van der Waals surface area (Å²) in [5.41, 5.74) is -2.26. The summed E-state index contributed by atoms with van der Waals surface area (Å²) in [6.45, 7) is 10.0. The van der Waals surface area contributed by atoms with Gasteiger partial charge in [-0.15, -0.1) is 0 Å². The lowest BCUT2D eigenvalue weighted by Gasteiger charge is -2.64. The van der Waals surface area contributed by atoms with Crippen molar-refractivity contribution in [2.75, 3.05) is 5.75 Å². The molecule has 0 saturated heterocycles. The van der Waals surface area contributed by atoms with Crippen LogP contribution in [0.3, 0.4) is 0 Å². The number of carbonyl (C=O) groups excluding carboxylic acids is 1. The van der Waals surface area contributed by atoms with Crippen LogP contribution in [0.25, 0.3) is 0 Å². The van der Waals surface area contributed by atoms with Gasteiger partial charge < -0.3 is 5.11 Å². The zero-order valence-corrected chi connectivity index (χ0v) is 17.4. The predicted octanol–water partition coefficient (Wildman–Crippen LogP) is 2.91. The number of Topliss-reactive ketones (excluding diaryl/α,β-unsaturated/α-hetero) is 1. The van der Waals surface area contributed by atoms with Gasteiger partial charge in [0, 0.05) is 6.42 Å². The molecule has 0 aromatic heterocycles. The Hall–Kier alpha value is -0.460. The fourth-order valence-electron chi connectivity index (χ4n) is 6.89. The lowest BCUT2D eigenvalue weighted by Crippen LogP contribution is -2.67. The number of hydrogen-bond acceptors (Lipinski definition) is 5. The largest absolute Gasteiger partial charge is 0.387 e. The maximum absolute atomic E-state index is 13.0. The van der Waals surface area contributed by atoms with E-state index in [1.165, 1.54) is 0 Å². The first kappa shape index (κ1) is 18.9. The van der Waals surface area contributed by atoms with Crippen LogP contribution in [0, 0.1) is 34.0 Å². The Morgan fingerprint density at radius 3 is 2.23 bits per heavy atom. The Labute approximate surface area is 157 Å². The minimum Gasteiger partial charge on any atom is -0.387 e. The van der Waals surface area contributed by atoms with Crippen molar-refractivity contribution >= 4 is 15.9 Å². The Balaban J connectivity index is 1.55. The maximum Gasteiger partial charge on any atom is 0.268 e. The molecule has 0 amide bonds. The molecule has 0 aromatic rings. The Bertz CT molecular complexity index is 750. The van der Waals surface area contributed by atoms with Crippen molar-refractivity contribution in [3.63, 3.8) is 0 Å². The molecule has 5 aliphatic carbocycles. The average molecular weight is 385 g/mol. The van der Waals surface area contributed by atoms with E-state index in [2.05, 4.69) is 13.8 Å². The summed E-state index contributed by atoms with van der Waals surface area (Å²) in [6, 6.07) is 0. The second-order valence-corrected chi connectivity index (χ2v) is 12.3. The summed E-state index contributed by atoms with van der Waals surface area (Å²) in [7, 11) is -3.90. The van der Waals surface area contributed by atoms with Crippen molar-refractivity contribution in [1.29, 1.82) is 0 Å². The van der Waals surface area contributed by atoms with Gasteiger partial charge in [0.25, 0.3) is 10.1 Å². The molecule has 1 N–H and O–H groups in total. The van der Waals surface area contributed by atoms with Gasteiger partial charge in [0.1, 0.15) is 11.9 Å². The van der Waals surface area contributed by atoms with Crippen LogP contribution in [0.4, 0.5) is 0 Å². The Morgan fingerprint density at radius 2 is 1.77 bits per heavy atom. The summed E-state index contributed by atoms with van der Waals surface area (Å²) in [5, 5.41) is 11.0. The third kappa shape index (κ3) is 2.21. The van der Waals surface area contributed by atoms with Gasteiger partial charge in [-0.05, 0) is 61.2 Å². The summed E-state index contributed by atoms with van der Waals surface area (Å²) < 4.78 is 31.5. The van der Waals surface area contributed by atoms with Crippen LogP contribution in [-0.4, -0.2) is 36.8 Å². The molecule has 6 heteroatoms. The van der Waals surface area contributed by atoms with E-state index in [-0.39, 0.29) is 34.2 Å². The highest BCUT2D eigenvalue weighted by Gasteiger charge is 2.67. The van der Waals surface area contributed by atoms with Gasteiger partial charge in [0.15, 0.2) is 0 Å². The van der Waals surface area contributed by atoms with Crippen molar-refractivity contribution < 1.29 is 22.5 Å². The van der Waals surface area contributed by atoms with Crippen molar-refractivity contribution in [3.8, 4) is 0 Å². The molecular formula is C20H32O5S. The fraction of sp³-hybridized carbons (Fsp3) is 0.950. The van der Waals surface area contributed by atoms with Crippen LogP contribution in [0.2, 0.25) is 0 Å². The molecule has 0 aromatic carbocycles. The first-order valence-corrected chi connectivity index (χ1v) is 11.5. The Kier molecular flexibility index (Phi) is 3.72. The molecule has 6 unspecified atom stereocenters. The summed E-state index contributed by atoms with van der Waals surface area (Å²) >= 11 is 0. The second-order valence-electron chi connectivity index (χ2n) is 10.7. The smallest absolute Gasteiger partial charge is 0.268 e. The molecular weight excluding hydrogens is 352 g/mol. The molecule has 148 valence electrons. The first-order valence-electron chi connectivity index (χ1n) is 9.91. The van der Waals surface area contributed by atoms with E-state index in [1.54, 1.807) is 6.92 Å². The monoisotopic (exact) mass is 384 g/mol. The summed E-state index contributed by atoms with van der Waals surface area (Å²) in [5.74, 6) is 0.536. The number of hydrogen-bond donors (Lipinski definition) is 1. The van der Waals surface area contributed by atoms with E-state index in [0.29, 0.717) is 25.2 Å². The molecule has 0 radical (unpaired) electrons. The number of carbonyl (C=O) groups is 1. The van der Waals surface area contributed by atoms with Gasteiger partial charge in [-0.3, -0.25) is 8.98 Å². The van der Waals surface area contributed by atoms with Crippen LogP contribution in [0.15, 0.2) is 0 Å². The zero-order valence-electron chi connectivity index (χ0n) is 16.5. The van der Waals surface area contributed by atoms with Gasteiger partial charge in [-0.2, -0.15) is 8.42 Å². The molecule has 5 fully saturated rings. The molecule has 5 rings (SSSR count). The molecule has 5 nitrogen and oxygen atoms in total. The lowest BCUT2D eigenvalue weighted by atomic mass is 9.43. The quantitative estimate of drug-likeness (QED) is 0.754. The highest BCUT2D eigenvalue weighted by atomic mass is 32.2. The summed E-state index contributed by atoms with van der Waals surface area (Å²) in [4.78, 5) is 12.6. The first-order chi connectivity index (χ1) is 11.7.